The number of carbonyl (C=O) groups is 2. The number of nitrogens with one attached hydrogen (secondary N) is 1. The van der Waals surface area contributed by atoms with Crippen molar-refractivity contribution in [2.24, 2.45) is 5.41 Å². The standard InChI is InChI=1S/C25H30FN3O6S/c1-5-15-13-18-20(22(30)27-4)21(16-7-9-17(26)10-8-16)35-23(18)28-19(15)14-29(36(33)34)12-6-11-25(2,3)24(31)32/h7-10,13,36H,5-6,11-12,14H2,1-4H3,(H,27,30)(H,31,32). The summed E-state index contributed by atoms with van der Waals surface area (Å²) in [5.41, 5.74) is 1.17. The summed E-state index contributed by atoms with van der Waals surface area (Å²) >= 11 is 0. The molecule has 11 heteroatoms. The van der Waals surface area contributed by atoms with Gasteiger partial charge in [-0.2, -0.15) is 4.31 Å². The lowest BCUT2D eigenvalue weighted by Gasteiger charge is -2.21. The van der Waals surface area contributed by atoms with Crippen LogP contribution in [0.2, 0.25) is 0 Å². The maximum Gasteiger partial charge on any atom is 0.309 e. The lowest BCUT2D eigenvalue weighted by atomic mass is 9.88. The minimum atomic E-state index is -2.95. The molecule has 3 aromatic rings. The minimum absolute atomic E-state index is 0.0206. The van der Waals surface area contributed by atoms with Crippen molar-refractivity contribution in [1.82, 2.24) is 14.6 Å². The summed E-state index contributed by atoms with van der Waals surface area (Å²) in [6, 6.07) is 7.30. The van der Waals surface area contributed by atoms with Gasteiger partial charge >= 0.3 is 5.97 Å². The highest BCUT2D eigenvalue weighted by Gasteiger charge is 2.27. The summed E-state index contributed by atoms with van der Waals surface area (Å²) in [5, 5.41) is 12.4. The predicted molar refractivity (Wildman–Crippen MR) is 134 cm³/mol. The molecule has 2 aromatic heterocycles. The summed E-state index contributed by atoms with van der Waals surface area (Å²) in [4.78, 5) is 28.7. The minimum Gasteiger partial charge on any atom is -0.481 e. The third-order valence-corrected chi connectivity index (χ3v) is 6.96. The Bertz CT molecular complexity index is 1340. The van der Waals surface area contributed by atoms with Crippen molar-refractivity contribution >= 4 is 33.9 Å². The third-order valence-electron chi connectivity index (χ3n) is 6.15. The summed E-state index contributed by atoms with van der Waals surface area (Å²) < 4.78 is 44.6. The van der Waals surface area contributed by atoms with Gasteiger partial charge in [0.15, 0.2) is 0 Å². The van der Waals surface area contributed by atoms with Crippen LogP contribution in [-0.2, 0) is 28.7 Å². The van der Waals surface area contributed by atoms with Crippen LogP contribution >= 0.6 is 0 Å². The number of carbonyl (C=O) groups excluding carboxylic acids is 1. The van der Waals surface area contributed by atoms with E-state index in [-0.39, 0.29) is 30.1 Å². The molecule has 9 nitrogen and oxygen atoms in total. The van der Waals surface area contributed by atoms with Gasteiger partial charge in [0.2, 0.25) is 16.6 Å². The van der Waals surface area contributed by atoms with E-state index in [0.29, 0.717) is 35.9 Å². The van der Waals surface area contributed by atoms with Crippen LogP contribution in [0.5, 0.6) is 0 Å². The topological polar surface area (TPSA) is 130 Å². The van der Waals surface area contributed by atoms with Gasteiger partial charge in [-0.25, -0.2) is 17.8 Å². The summed E-state index contributed by atoms with van der Waals surface area (Å²) in [6.45, 7) is 5.21. The predicted octanol–water partition coefficient (Wildman–Crippen LogP) is 3.78. The van der Waals surface area contributed by atoms with E-state index in [1.54, 1.807) is 19.9 Å². The number of amides is 1. The highest BCUT2D eigenvalue weighted by Crippen LogP contribution is 2.34. The molecule has 0 saturated heterocycles. The van der Waals surface area contributed by atoms with Crippen LogP contribution in [0, 0.1) is 11.2 Å². The zero-order valence-corrected chi connectivity index (χ0v) is 21.5. The Balaban J connectivity index is 2.00. The van der Waals surface area contributed by atoms with Gasteiger partial charge in [-0.1, -0.05) is 6.92 Å². The molecule has 0 aliphatic rings. The van der Waals surface area contributed by atoms with Crippen LogP contribution in [0.4, 0.5) is 4.39 Å². The number of pyridine rings is 1. The molecule has 3 rings (SSSR count). The number of benzene rings is 1. The van der Waals surface area contributed by atoms with E-state index in [1.807, 2.05) is 6.92 Å². The Morgan fingerprint density at radius 1 is 1.22 bits per heavy atom. The lowest BCUT2D eigenvalue weighted by molar-refractivity contribution is -0.147. The molecular formula is C25H30FN3O6S. The van der Waals surface area contributed by atoms with Gasteiger partial charge in [0.25, 0.3) is 5.91 Å². The number of thiol groups is 1. The summed E-state index contributed by atoms with van der Waals surface area (Å²) in [5.74, 6) is -1.53. The van der Waals surface area contributed by atoms with E-state index in [1.165, 1.54) is 35.6 Å². The van der Waals surface area contributed by atoms with Crippen LogP contribution in [0.1, 0.15) is 55.2 Å². The molecule has 36 heavy (non-hydrogen) atoms. The van der Waals surface area contributed by atoms with Crippen LogP contribution < -0.4 is 5.32 Å². The Kier molecular flexibility index (Phi) is 8.47. The van der Waals surface area contributed by atoms with Crippen molar-refractivity contribution in [1.29, 1.82) is 0 Å². The molecule has 2 heterocycles. The Morgan fingerprint density at radius 2 is 1.89 bits per heavy atom. The van der Waals surface area contributed by atoms with Crippen molar-refractivity contribution in [3.05, 3.63) is 53.0 Å². The van der Waals surface area contributed by atoms with Crippen molar-refractivity contribution in [3.63, 3.8) is 0 Å². The molecule has 194 valence electrons. The van der Waals surface area contributed by atoms with Crippen molar-refractivity contribution in [2.75, 3.05) is 13.6 Å². The van der Waals surface area contributed by atoms with Crippen LogP contribution in [0.25, 0.3) is 22.4 Å². The number of aromatic nitrogens is 1. The zero-order chi connectivity index (χ0) is 26.6. The van der Waals surface area contributed by atoms with Gasteiger partial charge in [-0.15, -0.1) is 0 Å². The normalized spacial score (nSPS) is 12.0. The first-order chi connectivity index (χ1) is 17.0. The first-order valence-corrected chi connectivity index (χ1v) is 12.7. The second-order valence-electron chi connectivity index (χ2n) is 9.11. The highest BCUT2D eigenvalue weighted by atomic mass is 32.2. The van der Waals surface area contributed by atoms with Gasteiger partial charge in [0.1, 0.15) is 11.6 Å². The average molecular weight is 520 g/mol. The monoisotopic (exact) mass is 519 g/mol. The van der Waals surface area contributed by atoms with Crippen LogP contribution in [0.3, 0.4) is 0 Å². The first-order valence-electron chi connectivity index (χ1n) is 11.5. The van der Waals surface area contributed by atoms with E-state index < -0.39 is 34.0 Å². The number of aliphatic carboxylic acids is 1. The molecule has 0 aliphatic carbocycles. The molecule has 2 N–H and O–H groups in total. The van der Waals surface area contributed by atoms with E-state index in [9.17, 15) is 27.5 Å². The Labute approximate surface area is 210 Å². The second kappa shape index (κ2) is 11.2. The number of carboxylic acids is 1. The van der Waals surface area contributed by atoms with E-state index in [0.717, 1.165) is 5.56 Å². The third kappa shape index (κ3) is 5.90. The molecule has 0 fully saturated rings. The fourth-order valence-corrected chi connectivity index (χ4v) is 4.45. The molecular weight excluding hydrogens is 489 g/mol. The van der Waals surface area contributed by atoms with E-state index >= 15 is 0 Å². The van der Waals surface area contributed by atoms with Crippen molar-refractivity contribution in [3.8, 4) is 11.3 Å². The highest BCUT2D eigenvalue weighted by molar-refractivity contribution is 7.69. The molecule has 0 atom stereocenters. The number of nitrogens with zero attached hydrogens (tertiary/aromatic N) is 2. The number of hydrogen-bond donors (Lipinski definition) is 3. The molecule has 0 radical (unpaired) electrons. The van der Waals surface area contributed by atoms with Crippen LogP contribution in [-0.4, -0.2) is 48.3 Å². The van der Waals surface area contributed by atoms with Gasteiger partial charge in [-0.3, -0.25) is 9.59 Å². The number of hydrogen-bond acceptors (Lipinski definition) is 6. The molecule has 0 spiro atoms. The van der Waals surface area contributed by atoms with Crippen molar-refractivity contribution in [2.45, 2.75) is 46.6 Å². The van der Waals surface area contributed by atoms with Gasteiger partial charge < -0.3 is 14.8 Å². The zero-order valence-electron chi connectivity index (χ0n) is 20.6. The summed E-state index contributed by atoms with van der Waals surface area (Å²) in [6.07, 6.45) is 1.20. The number of fused-ring (bicyclic) bond motifs is 1. The fraction of sp³-hybridized carbons (Fsp3) is 0.400. The summed E-state index contributed by atoms with van der Waals surface area (Å²) in [7, 11) is -1.46. The van der Waals surface area contributed by atoms with E-state index in [2.05, 4.69) is 10.3 Å². The van der Waals surface area contributed by atoms with Gasteiger partial charge in [0.05, 0.1) is 28.6 Å². The molecule has 0 saturated carbocycles. The number of furan rings is 1. The second-order valence-corrected chi connectivity index (χ2v) is 10.2. The fourth-order valence-electron chi connectivity index (χ4n) is 3.90. The molecule has 0 aliphatic heterocycles. The van der Waals surface area contributed by atoms with Crippen molar-refractivity contribution < 1.29 is 31.9 Å². The number of halogens is 1. The number of aryl methyl sites for hydroxylation is 1. The van der Waals surface area contributed by atoms with Gasteiger partial charge in [-0.05, 0) is 69.0 Å². The maximum absolute atomic E-state index is 13.5. The SMILES string of the molecule is CCc1cc2c(C(=O)NC)c(-c3ccc(F)cc3)oc2nc1CN(CCCC(C)(C)C(=O)O)[SH](=O)=O. The Morgan fingerprint density at radius 3 is 2.44 bits per heavy atom. The molecule has 0 bridgehead atoms. The largest absolute Gasteiger partial charge is 0.481 e. The molecule has 1 amide bonds. The Hall–Kier alpha value is -3.31. The van der Waals surface area contributed by atoms with Crippen LogP contribution in [0.15, 0.2) is 34.7 Å². The average Bonchev–Trinajstić information content (AvgIpc) is 3.20. The number of carboxylic acid groups (broad SMARTS) is 1. The van der Waals surface area contributed by atoms with E-state index in [4.69, 9.17) is 4.42 Å². The van der Waals surface area contributed by atoms with Gasteiger partial charge in [0, 0.05) is 19.2 Å². The lowest BCUT2D eigenvalue weighted by Crippen LogP contribution is -2.28. The number of rotatable bonds is 11. The molecule has 0 unspecified atom stereocenters. The smallest absolute Gasteiger partial charge is 0.309 e. The maximum atomic E-state index is 13.5. The first kappa shape index (κ1) is 27.3. The quantitative estimate of drug-likeness (QED) is 0.329. The molecule has 1 aromatic carbocycles.